The van der Waals surface area contributed by atoms with Crippen LogP contribution in [0, 0.1) is 0 Å². The van der Waals surface area contributed by atoms with E-state index in [2.05, 4.69) is 10.1 Å². The lowest BCUT2D eigenvalue weighted by Crippen LogP contribution is -2.20. The molecule has 4 nitrogen and oxygen atoms in total. The number of ether oxygens (including phenoxy) is 2. The van der Waals surface area contributed by atoms with Gasteiger partial charge in [0, 0.05) is 20.1 Å². The van der Waals surface area contributed by atoms with Crippen LogP contribution in [-0.2, 0) is 14.3 Å². The quantitative estimate of drug-likeness (QED) is 0.443. The molecular formula is C8H17NO3. The molecule has 0 aliphatic carbocycles. The number of carbonyl (C=O) groups excluding carboxylic acids is 1. The van der Waals surface area contributed by atoms with E-state index in [1.807, 2.05) is 0 Å². The molecule has 0 amide bonds. The third-order valence-corrected chi connectivity index (χ3v) is 1.45. The first kappa shape index (κ1) is 11.4. The second-order valence-electron chi connectivity index (χ2n) is 2.42. The Morgan fingerprint density at radius 1 is 1.33 bits per heavy atom. The lowest BCUT2D eigenvalue weighted by Gasteiger charge is -2.02. The van der Waals surface area contributed by atoms with Crippen molar-refractivity contribution in [3.8, 4) is 0 Å². The lowest BCUT2D eigenvalue weighted by atomic mass is 10.3. The molecule has 0 heterocycles. The van der Waals surface area contributed by atoms with Gasteiger partial charge in [0.15, 0.2) is 0 Å². The third kappa shape index (κ3) is 7.50. The predicted octanol–water partition coefficient (Wildman–Crippen LogP) is 0.176. The van der Waals surface area contributed by atoms with Crippen molar-refractivity contribution in [3.05, 3.63) is 0 Å². The second-order valence-corrected chi connectivity index (χ2v) is 2.42. The van der Waals surface area contributed by atoms with Gasteiger partial charge in [-0.3, -0.25) is 4.79 Å². The minimum absolute atomic E-state index is 0.149. The summed E-state index contributed by atoms with van der Waals surface area (Å²) in [6.07, 6.45) is 1.30. The van der Waals surface area contributed by atoms with Crippen molar-refractivity contribution in [2.45, 2.75) is 12.8 Å². The van der Waals surface area contributed by atoms with Gasteiger partial charge in [-0.25, -0.2) is 0 Å². The summed E-state index contributed by atoms with van der Waals surface area (Å²) >= 11 is 0. The van der Waals surface area contributed by atoms with Crippen molar-refractivity contribution < 1.29 is 14.3 Å². The molecule has 0 aromatic heterocycles. The highest BCUT2D eigenvalue weighted by atomic mass is 16.5. The van der Waals surface area contributed by atoms with Crippen LogP contribution in [0.1, 0.15) is 12.8 Å². The van der Waals surface area contributed by atoms with Gasteiger partial charge in [0.2, 0.25) is 0 Å². The number of methoxy groups -OCH3 is 2. The van der Waals surface area contributed by atoms with Crippen LogP contribution in [0.5, 0.6) is 0 Å². The summed E-state index contributed by atoms with van der Waals surface area (Å²) in [5.74, 6) is -0.149. The van der Waals surface area contributed by atoms with Crippen LogP contribution in [0.4, 0.5) is 0 Å². The van der Waals surface area contributed by atoms with Gasteiger partial charge in [-0.1, -0.05) is 0 Å². The van der Waals surface area contributed by atoms with Gasteiger partial charge >= 0.3 is 5.97 Å². The minimum atomic E-state index is -0.149. The molecule has 0 saturated heterocycles. The Morgan fingerprint density at radius 2 is 2.08 bits per heavy atom. The van der Waals surface area contributed by atoms with Crippen molar-refractivity contribution in [2.24, 2.45) is 0 Å². The molecule has 12 heavy (non-hydrogen) atoms. The van der Waals surface area contributed by atoms with Crippen molar-refractivity contribution in [1.29, 1.82) is 0 Å². The highest BCUT2D eigenvalue weighted by Crippen LogP contribution is 1.88. The smallest absolute Gasteiger partial charge is 0.305 e. The van der Waals surface area contributed by atoms with Gasteiger partial charge < -0.3 is 14.8 Å². The van der Waals surface area contributed by atoms with Crippen molar-refractivity contribution in [2.75, 3.05) is 33.9 Å². The van der Waals surface area contributed by atoms with Crippen LogP contribution in [0.2, 0.25) is 0 Å². The van der Waals surface area contributed by atoms with E-state index in [0.717, 1.165) is 19.5 Å². The van der Waals surface area contributed by atoms with Gasteiger partial charge in [-0.15, -0.1) is 0 Å². The normalized spacial score (nSPS) is 9.83. The molecule has 0 aliphatic rings. The van der Waals surface area contributed by atoms with Crippen LogP contribution in [-0.4, -0.2) is 39.9 Å². The number of carbonyl (C=O) groups is 1. The first-order valence-electron chi connectivity index (χ1n) is 4.07. The van der Waals surface area contributed by atoms with E-state index in [1.54, 1.807) is 7.11 Å². The number of rotatable bonds is 7. The Morgan fingerprint density at radius 3 is 2.67 bits per heavy atom. The lowest BCUT2D eigenvalue weighted by molar-refractivity contribution is -0.140. The molecule has 0 radical (unpaired) electrons. The van der Waals surface area contributed by atoms with E-state index in [-0.39, 0.29) is 5.97 Å². The van der Waals surface area contributed by atoms with Crippen LogP contribution in [0.15, 0.2) is 0 Å². The van der Waals surface area contributed by atoms with E-state index in [1.165, 1.54) is 7.11 Å². The molecule has 0 aromatic rings. The Hall–Kier alpha value is -0.610. The molecule has 0 bridgehead atoms. The van der Waals surface area contributed by atoms with Crippen molar-refractivity contribution >= 4 is 5.97 Å². The summed E-state index contributed by atoms with van der Waals surface area (Å²) in [6.45, 7) is 2.37. The Labute approximate surface area is 73.2 Å². The maximum Gasteiger partial charge on any atom is 0.305 e. The van der Waals surface area contributed by atoms with E-state index in [0.29, 0.717) is 13.0 Å². The highest BCUT2D eigenvalue weighted by Gasteiger charge is 1.97. The average molecular weight is 175 g/mol. The molecule has 4 heteroatoms. The number of hydrogen-bond donors (Lipinski definition) is 1. The summed E-state index contributed by atoms with van der Waals surface area (Å²) in [5, 5.41) is 3.13. The summed E-state index contributed by atoms with van der Waals surface area (Å²) < 4.78 is 9.32. The van der Waals surface area contributed by atoms with Crippen molar-refractivity contribution in [1.82, 2.24) is 5.32 Å². The zero-order valence-electron chi connectivity index (χ0n) is 7.76. The molecule has 0 aromatic carbocycles. The van der Waals surface area contributed by atoms with E-state index in [9.17, 15) is 4.79 Å². The van der Waals surface area contributed by atoms with Gasteiger partial charge in [0.25, 0.3) is 0 Å². The monoisotopic (exact) mass is 175 g/mol. The van der Waals surface area contributed by atoms with E-state index in [4.69, 9.17) is 4.74 Å². The molecule has 0 spiro atoms. The fraction of sp³-hybridized carbons (Fsp3) is 0.875. The summed E-state index contributed by atoms with van der Waals surface area (Å²) in [5.41, 5.74) is 0. The number of hydrogen-bond acceptors (Lipinski definition) is 4. The molecule has 0 saturated carbocycles. The minimum Gasteiger partial charge on any atom is -0.469 e. The molecule has 0 atom stereocenters. The predicted molar refractivity (Wildman–Crippen MR) is 46.0 cm³/mol. The maximum atomic E-state index is 10.6. The molecule has 72 valence electrons. The first-order valence-corrected chi connectivity index (χ1v) is 4.07. The largest absolute Gasteiger partial charge is 0.469 e. The fourth-order valence-electron chi connectivity index (χ4n) is 0.759. The topological polar surface area (TPSA) is 47.6 Å². The van der Waals surface area contributed by atoms with Gasteiger partial charge in [-0.2, -0.15) is 0 Å². The summed E-state index contributed by atoms with van der Waals surface area (Å²) in [4.78, 5) is 10.6. The molecule has 0 rings (SSSR count). The van der Waals surface area contributed by atoms with Gasteiger partial charge in [-0.05, 0) is 13.0 Å². The molecule has 0 aliphatic heterocycles. The SMILES string of the molecule is COCCNCCCC(=O)OC. The Bertz CT molecular complexity index is 117. The zero-order chi connectivity index (χ0) is 9.23. The van der Waals surface area contributed by atoms with Crippen molar-refractivity contribution in [3.63, 3.8) is 0 Å². The fourth-order valence-corrected chi connectivity index (χ4v) is 0.759. The molecule has 1 N–H and O–H groups in total. The highest BCUT2D eigenvalue weighted by molar-refractivity contribution is 5.68. The number of nitrogens with one attached hydrogen (secondary N) is 1. The van der Waals surface area contributed by atoms with Crippen LogP contribution in [0.3, 0.4) is 0 Å². The van der Waals surface area contributed by atoms with E-state index >= 15 is 0 Å². The zero-order valence-corrected chi connectivity index (χ0v) is 7.76. The van der Waals surface area contributed by atoms with Gasteiger partial charge in [0.1, 0.15) is 0 Å². The Kier molecular flexibility index (Phi) is 8.05. The maximum absolute atomic E-state index is 10.6. The first-order chi connectivity index (χ1) is 5.81. The second kappa shape index (κ2) is 8.49. The van der Waals surface area contributed by atoms with Gasteiger partial charge in [0.05, 0.1) is 13.7 Å². The summed E-state index contributed by atoms with van der Waals surface area (Å²) in [6, 6.07) is 0. The van der Waals surface area contributed by atoms with Crippen LogP contribution < -0.4 is 5.32 Å². The number of esters is 1. The molecule has 0 fully saturated rings. The molecule has 0 unspecified atom stereocenters. The van der Waals surface area contributed by atoms with Crippen LogP contribution in [0.25, 0.3) is 0 Å². The average Bonchev–Trinajstić information content (AvgIpc) is 2.10. The van der Waals surface area contributed by atoms with E-state index < -0.39 is 0 Å². The summed E-state index contributed by atoms with van der Waals surface area (Å²) in [7, 11) is 3.07. The third-order valence-electron chi connectivity index (χ3n) is 1.45. The molecular weight excluding hydrogens is 158 g/mol. The van der Waals surface area contributed by atoms with Crippen LogP contribution >= 0.6 is 0 Å². The standard InChI is InChI=1S/C8H17NO3/c1-11-7-6-9-5-3-4-8(10)12-2/h9H,3-7H2,1-2H3. The Balaban J connectivity index is 2.95.